The van der Waals surface area contributed by atoms with Gasteiger partial charge in [-0.3, -0.25) is 9.36 Å². The zero-order valence-corrected chi connectivity index (χ0v) is 15.7. The van der Waals surface area contributed by atoms with Gasteiger partial charge in [-0.15, -0.1) is 10.2 Å². The van der Waals surface area contributed by atoms with Gasteiger partial charge in [0.15, 0.2) is 5.58 Å². The molecular formula is C20H23N5O3. The lowest BCUT2D eigenvalue weighted by Gasteiger charge is -2.24. The lowest BCUT2D eigenvalue weighted by Crippen LogP contribution is -2.39. The average Bonchev–Trinajstić information content (AvgIpc) is 3.12. The molecule has 3 aromatic rings. The molecule has 28 heavy (non-hydrogen) atoms. The van der Waals surface area contributed by atoms with Gasteiger partial charge in [-0.1, -0.05) is 12.1 Å². The Bertz CT molecular complexity index is 1060. The highest BCUT2D eigenvalue weighted by Crippen LogP contribution is 2.35. The Labute approximate surface area is 161 Å². The summed E-state index contributed by atoms with van der Waals surface area (Å²) in [4.78, 5) is 27.0. The molecule has 1 aliphatic carbocycles. The number of carbonyl (C=O) groups excluding carboxylic acids is 1. The molecule has 5 rings (SSSR count). The number of nitrogens with zero attached hydrogens (tertiary/aromatic N) is 5. The van der Waals surface area contributed by atoms with Crippen LogP contribution in [0.15, 0.2) is 39.8 Å². The number of benzene rings is 1. The van der Waals surface area contributed by atoms with Crippen LogP contribution in [0.5, 0.6) is 0 Å². The van der Waals surface area contributed by atoms with Crippen LogP contribution in [0.4, 0.5) is 0 Å². The largest absolute Gasteiger partial charge is 0.420 e. The molecule has 1 aromatic carbocycles. The lowest BCUT2D eigenvalue weighted by atomic mass is 10.1. The highest BCUT2D eigenvalue weighted by Gasteiger charge is 2.31. The first kappa shape index (κ1) is 17.2. The van der Waals surface area contributed by atoms with Crippen molar-refractivity contribution in [3.8, 4) is 0 Å². The molecular weight excluding hydrogens is 358 g/mol. The number of hydrogen-bond acceptors (Lipinski definition) is 5. The van der Waals surface area contributed by atoms with Crippen molar-refractivity contribution in [3.63, 3.8) is 0 Å². The Morgan fingerprint density at radius 2 is 2.07 bits per heavy atom. The number of aromatic nitrogens is 4. The summed E-state index contributed by atoms with van der Waals surface area (Å²) < 4.78 is 8.85. The number of oxazole rings is 1. The molecule has 2 fully saturated rings. The number of hydrogen-bond donors (Lipinski definition) is 0. The van der Waals surface area contributed by atoms with Gasteiger partial charge in [-0.05, 0) is 44.2 Å². The summed E-state index contributed by atoms with van der Waals surface area (Å²) >= 11 is 0. The van der Waals surface area contributed by atoms with Crippen LogP contribution in [0.3, 0.4) is 0 Å². The first-order chi connectivity index (χ1) is 13.7. The number of rotatable bonds is 6. The summed E-state index contributed by atoms with van der Waals surface area (Å²) in [6.45, 7) is 0.758. The van der Waals surface area contributed by atoms with E-state index in [0.29, 0.717) is 17.1 Å². The van der Waals surface area contributed by atoms with Crippen molar-refractivity contribution in [1.82, 2.24) is 24.2 Å². The normalized spacial score (nSPS) is 19.6. The van der Waals surface area contributed by atoms with E-state index >= 15 is 0 Å². The van der Waals surface area contributed by atoms with Gasteiger partial charge in [0.05, 0.1) is 5.52 Å². The van der Waals surface area contributed by atoms with Gasteiger partial charge in [0.25, 0.3) is 0 Å². The van der Waals surface area contributed by atoms with Crippen molar-refractivity contribution in [2.45, 2.75) is 57.2 Å². The van der Waals surface area contributed by atoms with Crippen LogP contribution in [0.1, 0.15) is 44.0 Å². The van der Waals surface area contributed by atoms with Crippen molar-refractivity contribution in [1.29, 1.82) is 0 Å². The number of amides is 1. The van der Waals surface area contributed by atoms with E-state index in [0.717, 1.165) is 38.1 Å². The van der Waals surface area contributed by atoms with Gasteiger partial charge < -0.3 is 13.9 Å². The molecule has 0 radical (unpaired) electrons. The van der Waals surface area contributed by atoms with E-state index in [4.69, 9.17) is 4.42 Å². The second kappa shape index (κ2) is 6.92. The fourth-order valence-electron chi connectivity index (χ4n) is 4.25. The minimum Gasteiger partial charge on any atom is -0.408 e. The van der Waals surface area contributed by atoms with Crippen molar-refractivity contribution < 1.29 is 9.21 Å². The van der Waals surface area contributed by atoms with Gasteiger partial charge in [0.1, 0.15) is 18.7 Å². The fourth-order valence-corrected chi connectivity index (χ4v) is 4.25. The SMILES string of the molecule is O=C(Cn1c(=O)oc2ccccc21)N1CCCC1CCc1nncn1C1CC1. The average molecular weight is 381 g/mol. The third kappa shape index (κ3) is 3.12. The van der Waals surface area contributed by atoms with Crippen molar-refractivity contribution in [2.75, 3.05) is 6.54 Å². The topological polar surface area (TPSA) is 86.2 Å². The number of fused-ring (bicyclic) bond motifs is 1. The summed E-state index contributed by atoms with van der Waals surface area (Å²) in [6.07, 6.45) is 7.90. The summed E-state index contributed by atoms with van der Waals surface area (Å²) in [5.74, 6) is 0.501. The molecule has 0 N–H and O–H groups in total. The second-order valence-electron chi connectivity index (χ2n) is 7.73. The van der Waals surface area contributed by atoms with E-state index < -0.39 is 5.76 Å². The molecule has 1 saturated carbocycles. The molecule has 1 unspecified atom stereocenters. The van der Waals surface area contributed by atoms with Crippen molar-refractivity contribution in [2.24, 2.45) is 0 Å². The second-order valence-corrected chi connectivity index (χ2v) is 7.73. The van der Waals surface area contributed by atoms with E-state index in [9.17, 15) is 9.59 Å². The van der Waals surface area contributed by atoms with E-state index in [-0.39, 0.29) is 18.5 Å². The number of likely N-dealkylation sites (tertiary alicyclic amines) is 1. The molecule has 2 aromatic heterocycles. The van der Waals surface area contributed by atoms with Gasteiger partial charge >= 0.3 is 5.76 Å². The molecule has 8 heteroatoms. The highest BCUT2D eigenvalue weighted by atomic mass is 16.4. The maximum absolute atomic E-state index is 13.0. The zero-order chi connectivity index (χ0) is 19.1. The quantitative estimate of drug-likeness (QED) is 0.653. The lowest BCUT2D eigenvalue weighted by molar-refractivity contribution is -0.132. The molecule has 0 bridgehead atoms. The third-order valence-corrected chi connectivity index (χ3v) is 5.85. The maximum Gasteiger partial charge on any atom is 0.420 e. The fraction of sp³-hybridized carbons (Fsp3) is 0.500. The monoisotopic (exact) mass is 381 g/mol. The Morgan fingerprint density at radius 1 is 1.21 bits per heavy atom. The summed E-state index contributed by atoms with van der Waals surface area (Å²) in [6, 6.07) is 7.95. The molecule has 2 aliphatic rings. The number of aryl methyl sites for hydroxylation is 1. The Hall–Kier alpha value is -2.90. The van der Waals surface area contributed by atoms with E-state index in [2.05, 4.69) is 14.8 Å². The van der Waals surface area contributed by atoms with Gasteiger partial charge in [-0.2, -0.15) is 0 Å². The predicted octanol–water partition coefficient (Wildman–Crippen LogP) is 2.14. The Morgan fingerprint density at radius 3 is 2.93 bits per heavy atom. The van der Waals surface area contributed by atoms with Gasteiger partial charge in [0, 0.05) is 25.0 Å². The van der Waals surface area contributed by atoms with Crippen molar-refractivity contribution >= 4 is 17.0 Å². The first-order valence-electron chi connectivity index (χ1n) is 9.97. The molecule has 1 aliphatic heterocycles. The summed E-state index contributed by atoms with van der Waals surface area (Å²) in [5.41, 5.74) is 1.17. The Balaban J connectivity index is 1.28. The standard InChI is InChI=1S/C20H23N5O3/c26-19(12-24-16-5-1-2-6-17(16)28-20(24)27)23-11-3-4-14(23)9-10-18-22-21-13-25(18)15-7-8-15/h1-2,5-6,13-15H,3-4,7-12H2. The van der Waals surface area contributed by atoms with Gasteiger partial charge in [0.2, 0.25) is 5.91 Å². The summed E-state index contributed by atoms with van der Waals surface area (Å²) in [7, 11) is 0. The third-order valence-electron chi connectivity index (χ3n) is 5.85. The molecule has 1 amide bonds. The maximum atomic E-state index is 13.0. The zero-order valence-electron chi connectivity index (χ0n) is 15.7. The van der Waals surface area contributed by atoms with Crippen LogP contribution in [-0.2, 0) is 17.8 Å². The van der Waals surface area contributed by atoms with Crippen LogP contribution in [0, 0.1) is 0 Å². The van der Waals surface area contributed by atoms with E-state index in [1.807, 2.05) is 23.4 Å². The minimum absolute atomic E-state index is 0.0185. The Kier molecular flexibility index (Phi) is 4.26. The van der Waals surface area contributed by atoms with Crippen LogP contribution in [-0.4, -0.2) is 42.7 Å². The molecule has 1 atom stereocenters. The minimum atomic E-state index is -0.483. The molecule has 8 nitrogen and oxygen atoms in total. The predicted molar refractivity (Wildman–Crippen MR) is 102 cm³/mol. The van der Waals surface area contributed by atoms with Crippen molar-refractivity contribution in [3.05, 3.63) is 47.0 Å². The molecule has 3 heterocycles. The van der Waals surface area contributed by atoms with Crippen LogP contribution < -0.4 is 5.76 Å². The van der Waals surface area contributed by atoms with E-state index in [1.54, 1.807) is 12.1 Å². The molecule has 0 spiro atoms. The van der Waals surface area contributed by atoms with Crippen LogP contribution in [0.2, 0.25) is 0 Å². The number of carbonyl (C=O) groups is 1. The first-order valence-corrected chi connectivity index (χ1v) is 9.97. The number of para-hydroxylation sites is 2. The van der Waals surface area contributed by atoms with Crippen LogP contribution >= 0.6 is 0 Å². The van der Waals surface area contributed by atoms with E-state index in [1.165, 1.54) is 17.4 Å². The molecule has 1 saturated heterocycles. The molecule has 146 valence electrons. The highest BCUT2D eigenvalue weighted by molar-refractivity contribution is 5.80. The smallest absolute Gasteiger partial charge is 0.408 e. The van der Waals surface area contributed by atoms with Crippen LogP contribution in [0.25, 0.3) is 11.1 Å². The summed E-state index contributed by atoms with van der Waals surface area (Å²) in [5, 5.41) is 8.32. The van der Waals surface area contributed by atoms with Gasteiger partial charge in [-0.25, -0.2) is 4.79 Å².